The fraction of sp³-hybridized carbons (Fsp3) is 0.0526. The minimum absolute atomic E-state index is 0.921. The molecular weight excluding hydrogens is 741 g/mol. The molecule has 0 saturated heterocycles. The van der Waals surface area contributed by atoms with Crippen LogP contribution in [0.1, 0.15) is 12.0 Å². The molecule has 0 bridgehead atoms. The van der Waals surface area contributed by atoms with Crippen molar-refractivity contribution < 1.29 is 0 Å². The van der Waals surface area contributed by atoms with Gasteiger partial charge in [0, 0.05) is 62.2 Å². The van der Waals surface area contributed by atoms with Crippen LogP contribution in [0, 0.1) is 12.8 Å². The maximum atomic E-state index is 4.00. The normalized spacial score (nSPS) is 13.2. The van der Waals surface area contributed by atoms with Crippen LogP contribution >= 0.6 is 0 Å². The van der Waals surface area contributed by atoms with Crippen molar-refractivity contribution in [3.8, 4) is 24.2 Å². The Balaban J connectivity index is 0.000000252. The number of aromatic nitrogens is 2. The van der Waals surface area contributed by atoms with E-state index >= 15 is 0 Å². The third-order valence-electron chi connectivity index (χ3n) is 11.3. The smallest absolute Gasteiger partial charge is 0.0541 e. The van der Waals surface area contributed by atoms with Crippen molar-refractivity contribution >= 4 is 66.4 Å². The topological polar surface area (TPSA) is 25.1 Å². The summed E-state index contributed by atoms with van der Waals surface area (Å²) in [6.07, 6.45) is 18.9. The van der Waals surface area contributed by atoms with Gasteiger partial charge in [-0.2, -0.15) is 0 Å². The number of para-hydroxylation sites is 6. The highest BCUT2D eigenvalue weighted by atomic mass is 15.1. The monoisotopic (exact) mass is 786 g/mol. The van der Waals surface area contributed by atoms with E-state index in [1.54, 1.807) is 0 Å². The lowest BCUT2D eigenvalue weighted by Crippen LogP contribution is -2.10. The summed E-state index contributed by atoms with van der Waals surface area (Å²) in [6.45, 7) is 0.921. The van der Waals surface area contributed by atoms with Gasteiger partial charge in [-0.3, -0.25) is 0 Å². The molecular formula is C57H46N4. The molecule has 0 aliphatic carbocycles. The van der Waals surface area contributed by atoms with Crippen LogP contribution in [0.2, 0.25) is 0 Å². The standard InChI is InChI=1S/C42H29N3.C13H15N.C2H2/c1-2-12-30(13-3-1)43(31-22-26-33(27-23-31)44-39-18-8-4-14-35(39)36-15-5-9-19-40(36)44)32-24-28-34(29-25-32)45-41-20-10-6-16-37(41)38-17-7-11-21-42(38)45;1-2-4-8-12-9-5-6-10-13(12)14-11-7-3-1;1-2/h1-29H;2-7,9-10,14H,1,8,11H2;1-2H/b;4-2-,7-3-;. The predicted molar refractivity (Wildman–Crippen MR) is 261 cm³/mol. The Bertz CT molecular complexity index is 2880. The number of hydrogen-bond donors (Lipinski definition) is 1. The zero-order chi connectivity index (χ0) is 41.4. The molecule has 1 aliphatic heterocycles. The summed E-state index contributed by atoms with van der Waals surface area (Å²) in [5, 5.41) is 8.49. The van der Waals surface area contributed by atoms with Crippen LogP contribution < -0.4 is 10.2 Å². The molecule has 0 saturated carbocycles. The van der Waals surface area contributed by atoms with Gasteiger partial charge in [0.05, 0.1) is 22.1 Å². The Morgan fingerprint density at radius 2 is 0.770 bits per heavy atom. The SMILES string of the molecule is C#C.C1=C\CNc2ccccc2C/C=C\C/1.c1ccc(N(c2ccc(-n3c4ccccc4c4ccccc43)cc2)c2ccc(-n3c4ccccc4c4ccccc43)cc2)cc1. The number of allylic oxidation sites excluding steroid dienone is 3. The van der Waals surface area contributed by atoms with Crippen LogP contribution in [0.5, 0.6) is 0 Å². The second kappa shape index (κ2) is 17.9. The van der Waals surface area contributed by atoms with Crippen LogP contribution in [-0.2, 0) is 6.42 Å². The summed E-state index contributed by atoms with van der Waals surface area (Å²) < 4.78 is 4.73. The second-order valence-electron chi connectivity index (χ2n) is 14.9. The highest BCUT2D eigenvalue weighted by Crippen LogP contribution is 2.38. The number of benzene rings is 8. The highest BCUT2D eigenvalue weighted by Gasteiger charge is 2.16. The number of terminal acetylenes is 1. The van der Waals surface area contributed by atoms with Crippen molar-refractivity contribution in [2.75, 3.05) is 16.8 Å². The molecule has 4 heteroatoms. The Hall–Kier alpha value is -8.00. The van der Waals surface area contributed by atoms with Crippen LogP contribution in [-0.4, -0.2) is 15.7 Å². The molecule has 11 rings (SSSR count). The molecule has 1 N–H and O–H groups in total. The first-order valence-corrected chi connectivity index (χ1v) is 20.8. The Labute approximate surface area is 358 Å². The molecule has 3 heterocycles. The molecule has 0 amide bonds. The van der Waals surface area contributed by atoms with Crippen molar-refractivity contribution in [1.82, 2.24) is 9.13 Å². The van der Waals surface area contributed by atoms with Gasteiger partial charge in [-0.15, -0.1) is 12.8 Å². The predicted octanol–water partition coefficient (Wildman–Crippen LogP) is 14.8. The average molecular weight is 787 g/mol. The summed E-state index contributed by atoms with van der Waals surface area (Å²) >= 11 is 0. The van der Waals surface area contributed by atoms with Crippen LogP contribution in [0.15, 0.2) is 224 Å². The number of nitrogens with zero attached hydrogens (tertiary/aromatic N) is 3. The Morgan fingerprint density at radius 3 is 1.26 bits per heavy atom. The van der Waals surface area contributed by atoms with Gasteiger partial charge in [0.2, 0.25) is 0 Å². The van der Waals surface area contributed by atoms with E-state index in [9.17, 15) is 0 Å². The van der Waals surface area contributed by atoms with E-state index in [0.29, 0.717) is 0 Å². The molecule has 0 unspecified atom stereocenters. The molecule has 0 fully saturated rings. The molecule has 0 atom stereocenters. The van der Waals surface area contributed by atoms with Crippen molar-refractivity contribution in [2.45, 2.75) is 12.8 Å². The van der Waals surface area contributed by atoms with Gasteiger partial charge < -0.3 is 19.4 Å². The third-order valence-corrected chi connectivity index (χ3v) is 11.3. The largest absolute Gasteiger partial charge is 0.381 e. The first kappa shape index (κ1) is 38.5. The van der Waals surface area contributed by atoms with E-state index in [1.807, 2.05) is 0 Å². The molecule has 4 nitrogen and oxygen atoms in total. The van der Waals surface area contributed by atoms with Crippen molar-refractivity contribution in [1.29, 1.82) is 0 Å². The van der Waals surface area contributed by atoms with Crippen LogP contribution in [0.25, 0.3) is 55.0 Å². The van der Waals surface area contributed by atoms with Gasteiger partial charge in [-0.1, -0.05) is 133 Å². The first-order chi connectivity index (χ1) is 30.3. The first-order valence-electron chi connectivity index (χ1n) is 20.8. The van der Waals surface area contributed by atoms with Gasteiger partial charge >= 0.3 is 0 Å². The van der Waals surface area contributed by atoms with E-state index in [2.05, 4.69) is 257 Å². The van der Waals surface area contributed by atoms with E-state index < -0.39 is 0 Å². The maximum absolute atomic E-state index is 4.00. The van der Waals surface area contributed by atoms with Gasteiger partial charge in [0.15, 0.2) is 0 Å². The Morgan fingerprint density at radius 1 is 0.377 bits per heavy atom. The lowest BCUT2D eigenvalue weighted by Gasteiger charge is -2.26. The van der Waals surface area contributed by atoms with E-state index in [0.717, 1.165) is 47.8 Å². The lowest BCUT2D eigenvalue weighted by atomic mass is 10.1. The summed E-state index contributed by atoms with van der Waals surface area (Å²) in [5.41, 5.74) is 13.1. The third kappa shape index (κ3) is 7.69. The Kier molecular flexibility index (Phi) is 11.3. The molecule has 294 valence electrons. The quantitative estimate of drug-likeness (QED) is 0.139. The zero-order valence-corrected chi connectivity index (χ0v) is 34.0. The second-order valence-corrected chi connectivity index (χ2v) is 14.9. The van der Waals surface area contributed by atoms with E-state index in [-0.39, 0.29) is 0 Å². The molecule has 61 heavy (non-hydrogen) atoms. The maximum Gasteiger partial charge on any atom is 0.0541 e. The molecule has 2 aromatic heterocycles. The highest BCUT2D eigenvalue weighted by molar-refractivity contribution is 6.10. The van der Waals surface area contributed by atoms with Crippen molar-refractivity contribution in [2.24, 2.45) is 0 Å². The van der Waals surface area contributed by atoms with Gasteiger partial charge in [-0.05, 0) is 109 Å². The number of fused-ring (bicyclic) bond motifs is 7. The van der Waals surface area contributed by atoms with Crippen LogP contribution in [0.4, 0.5) is 22.7 Å². The molecule has 10 aromatic rings. The fourth-order valence-electron chi connectivity index (χ4n) is 8.53. The summed E-state index contributed by atoms with van der Waals surface area (Å²) in [7, 11) is 0. The van der Waals surface area contributed by atoms with Gasteiger partial charge in [0.25, 0.3) is 0 Å². The summed E-state index contributed by atoms with van der Waals surface area (Å²) in [6, 6.07) is 71.5. The fourth-order valence-corrected chi connectivity index (χ4v) is 8.53. The molecule has 0 radical (unpaired) electrons. The zero-order valence-electron chi connectivity index (χ0n) is 34.0. The van der Waals surface area contributed by atoms with E-state index in [4.69, 9.17) is 0 Å². The van der Waals surface area contributed by atoms with Gasteiger partial charge in [0.1, 0.15) is 0 Å². The minimum atomic E-state index is 0.921. The number of rotatable bonds is 5. The molecule has 1 aliphatic rings. The van der Waals surface area contributed by atoms with Gasteiger partial charge in [-0.25, -0.2) is 0 Å². The molecule has 0 spiro atoms. The lowest BCUT2D eigenvalue weighted by molar-refractivity contribution is 1.17. The summed E-state index contributed by atoms with van der Waals surface area (Å²) in [5.74, 6) is 0. The summed E-state index contributed by atoms with van der Waals surface area (Å²) in [4.78, 5) is 2.32. The minimum Gasteiger partial charge on any atom is -0.381 e. The van der Waals surface area contributed by atoms with Crippen molar-refractivity contribution in [3.05, 3.63) is 230 Å². The van der Waals surface area contributed by atoms with E-state index in [1.165, 1.54) is 54.9 Å². The molecule has 8 aromatic carbocycles. The number of anilines is 4. The van der Waals surface area contributed by atoms with Crippen LogP contribution in [0.3, 0.4) is 0 Å². The number of nitrogens with one attached hydrogen (secondary N) is 1. The number of hydrogen-bond acceptors (Lipinski definition) is 2. The van der Waals surface area contributed by atoms with Crippen molar-refractivity contribution in [3.63, 3.8) is 0 Å². The average Bonchev–Trinajstić information content (AvgIpc) is 3.86.